The summed E-state index contributed by atoms with van der Waals surface area (Å²) < 4.78 is 0. The van der Waals surface area contributed by atoms with Crippen LogP contribution in [-0.4, -0.2) is 17.0 Å². The van der Waals surface area contributed by atoms with Crippen LogP contribution in [0.25, 0.3) is 0 Å². The molecule has 0 bridgehead atoms. The molecule has 0 atom stereocenters. The van der Waals surface area contributed by atoms with E-state index in [4.69, 9.17) is 5.26 Å². The monoisotopic (exact) mass is 246 g/mol. The van der Waals surface area contributed by atoms with E-state index in [0.717, 1.165) is 0 Å². The lowest BCUT2D eigenvalue weighted by Crippen LogP contribution is -2.43. The molecule has 0 aromatic rings. The molecule has 2 saturated carbocycles. The Balaban J connectivity index is 2.10. The van der Waals surface area contributed by atoms with Crippen LogP contribution < -0.4 is 0 Å². The lowest BCUT2D eigenvalue weighted by Gasteiger charge is -2.43. The van der Waals surface area contributed by atoms with Gasteiger partial charge in [-0.1, -0.05) is 38.5 Å². The normalized spacial score (nSPS) is 23.7. The number of allylic oxidation sites excluding steroid dienone is 2. The minimum Gasteiger partial charge on any atom is -0.369 e. The predicted molar refractivity (Wildman–Crippen MR) is 75.0 cm³/mol. The second kappa shape index (κ2) is 6.83. The van der Waals surface area contributed by atoms with Crippen LogP contribution in [0.15, 0.2) is 11.8 Å². The van der Waals surface area contributed by atoms with Crippen molar-refractivity contribution < 1.29 is 0 Å². The summed E-state index contributed by atoms with van der Waals surface area (Å²) in [7, 11) is 0. The molecule has 0 saturated heterocycles. The van der Waals surface area contributed by atoms with E-state index in [1.165, 1.54) is 69.9 Å². The molecule has 0 unspecified atom stereocenters. The Labute approximate surface area is 112 Å². The fraction of sp³-hybridized carbons (Fsp3) is 0.812. The molecule has 0 aromatic carbocycles. The minimum absolute atomic E-state index is 0.700. The zero-order chi connectivity index (χ0) is 12.8. The van der Waals surface area contributed by atoms with Gasteiger partial charge in [-0.2, -0.15) is 5.26 Å². The van der Waals surface area contributed by atoms with Gasteiger partial charge in [0.2, 0.25) is 0 Å². The lowest BCUT2D eigenvalue weighted by atomic mass is 9.88. The summed E-state index contributed by atoms with van der Waals surface area (Å²) in [5.74, 6) is 0. The highest BCUT2D eigenvalue weighted by Gasteiger charge is 2.28. The summed E-state index contributed by atoms with van der Waals surface area (Å²) in [6.07, 6.45) is 15.3. The fourth-order valence-corrected chi connectivity index (χ4v) is 3.76. The predicted octanol–water partition coefficient (Wildman–Crippen LogP) is 4.38. The van der Waals surface area contributed by atoms with Crippen LogP contribution in [0.1, 0.15) is 71.1 Å². The third-order valence-electron chi connectivity index (χ3n) is 4.62. The van der Waals surface area contributed by atoms with Gasteiger partial charge in [0.1, 0.15) is 0 Å². The lowest BCUT2D eigenvalue weighted by molar-refractivity contribution is 0.119. The van der Waals surface area contributed by atoms with E-state index >= 15 is 0 Å². The molecule has 2 heteroatoms. The van der Waals surface area contributed by atoms with Crippen molar-refractivity contribution in [3.63, 3.8) is 0 Å². The van der Waals surface area contributed by atoms with Gasteiger partial charge in [-0.25, -0.2) is 0 Å². The first-order valence-electron chi connectivity index (χ1n) is 7.67. The Morgan fingerprint density at radius 2 is 1.39 bits per heavy atom. The van der Waals surface area contributed by atoms with E-state index in [9.17, 15) is 0 Å². The van der Waals surface area contributed by atoms with Crippen molar-refractivity contribution in [2.75, 3.05) is 0 Å². The fourth-order valence-electron chi connectivity index (χ4n) is 3.76. The molecule has 18 heavy (non-hydrogen) atoms. The van der Waals surface area contributed by atoms with Crippen molar-refractivity contribution in [1.82, 2.24) is 4.90 Å². The third-order valence-corrected chi connectivity index (χ3v) is 4.62. The van der Waals surface area contributed by atoms with Crippen LogP contribution in [0.2, 0.25) is 0 Å². The Morgan fingerprint density at radius 3 is 1.78 bits per heavy atom. The first-order valence-corrected chi connectivity index (χ1v) is 7.67. The highest BCUT2D eigenvalue weighted by atomic mass is 15.2. The average Bonchev–Trinajstić information content (AvgIpc) is 2.42. The largest absolute Gasteiger partial charge is 0.369 e. The third kappa shape index (κ3) is 3.28. The van der Waals surface area contributed by atoms with Crippen molar-refractivity contribution in [2.45, 2.75) is 83.2 Å². The van der Waals surface area contributed by atoms with Crippen molar-refractivity contribution in [3.05, 3.63) is 11.8 Å². The summed E-state index contributed by atoms with van der Waals surface area (Å²) in [4.78, 5) is 2.61. The molecule has 2 aliphatic rings. The number of rotatable bonds is 3. The average molecular weight is 246 g/mol. The topological polar surface area (TPSA) is 27.0 Å². The van der Waals surface area contributed by atoms with E-state index in [-0.39, 0.29) is 0 Å². The van der Waals surface area contributed by atoms with Crippen molar-refractivity contribution in [1.29, 1.82) is 5.26 Å². The second-order valence-corrected chi connectivity index (χ2v) is 5.91. The van der Waals surface area contributed by atoms with E-state index in [0.29, 0.717) is 12.1 Å². The maximum atomic E-state index is 8.93. The van der Waals surface area contributed by atoms with Crippen LogP contribution in [0.4, 0.5) is 0 Å². The maximum absolute atomic E-state index is 8.93. The van der Waals surface area contributed by atoms with E-state index in [1.807, 2.05) is 0 Å². The Kier molecular flexibility index (Phi) is 5.11. The first kappa shape index (κ1) is 13.5. The molecule has 2 aliphatic carbocycles. The zero-order valence-electron chi connectivity index (χ0n) is 11.7. The van der Waals surface area contributed by atoms with Crippen LogP contribution in [0.5, 0.6) is 0 Å². The molecule has 2 rings (SSSR count). The molecule has 0 amide bonds. The van der Waals surface area contributed by atoms with Gasteiger partial charge in [-0.3, -0.25) is 0 Å². The van der Waals surface area contributed by atoms with Gasteiger partial charge in [0, 0.05) is 23.9 Å². The number of nitriles is 1. The number of hydrogen-bond acceptors (Lipinski definition) is 2. The van der Waals surface area contributed by atoms with Crippen molar-refractivity contribution in [2.24, 2.45) is 0 Å². The molecule has 100 valence electrons. The first-order chi connectivity index (χ1) is 8.83. The van der Waals surface area contributed by atoms with E-state index in [1.54, 1.807) is 6.08 Å². The van der Waals surface area contributed by atoms with Gasteiger partial charge < -0.3 is 4.90 Å². The Morgan fingerprint density at radius 1 is 0.944 bits per heavy atom. The molecular weight excluding hydrogens is 220 g/mol. The van der Waals surface area contributed by atoms with Gasteiger partial charge in [-0.05, 0) is 32.6 Å². The van der Waals surface area contributed by atoms with Crippen LogP contribution in [0, 0.1) is 11.3 Å². The molecule has 0 heterocycles. The van der Waals surface area contributed by atoms with Gasteiger partial charge in [-0.15, -0.1) is 0 Å². The zero-order valence-corrected chi connectivity index (χ0v) is 11.7. The molecule has 2 fully saturated rings. The SMILES string of the molecule is CC(=CC#N)N(C1CCCCC1)C1CCCCC1. The highest BCUT2D eigenvalue weighted by molar-refractivity contribution is 5.13. The number of hydrogen-bond donors (Lipinski definition) is 0. The van der Waals surface area contributed by atoms with Crippen molar-refractivity contribution in [3.8, 4) is 6.07 Å². The number of nitrogens with zero attached hydrogens (tertiary/aromatic N) is 2. The molecule has 0 aromatic heterocycles. The van der Waals surface area contributed by atoms with Gasteiger partial charge in [0.15, 0.2) is 0 Å². The summed E-state index contributed by atoms with van der Waals surface area (Å²) in [6, 6.07) is 3.62. The summed E-state index contributed by atoms with van der Waals surface area (Å²) in [5.41, 5.74) is 1.20. The van der Waals surface area contributed by atoms with Crippen LogP contribution in [0.3, 0.4) is 0 Å². The van der Waals surface area contributed by atoms with E-state index < -0.39 is 0 Å². The van der Waals surface area contributed by atoms with E-state index in [2.05, 4.69) is 17.9 Å². The van der Waals surface area contributed by atoms with Crippen molar-refractivity contribution >= 4 is 0 Å². The summed E-state index contributed by atoms with van der Waals surface area (Å²) in [6.45, 7) is 2.13. The quantitative estimate of drug-likeness (QED) is 0.691. The van der Waals surface area contributed by atoms with Gasteiger partial charge in [0.25, 0.3) is 0 Å². The molecule has 0 N–H and O–H groups in total. The molecular formula is C16H26N2. The molecule has 0 aliphatic heterocycles. The van der Waals surface area contributed by atoms with Gasteiger partial charge in [0.05, 0.1) is 6.07 Å². The smallest absolute Gasteiger partial charge is 0.0930 e. The molecule has 0 spiro atoms. The highest BCUT2D eigenvalue weighted by Crippen LogP contribution is 2.32. The van der Waals surface area contributed by atoms with Gasteiger partial charge >= 0.3 is 0 Å². The van der Waals surface area contributed by atoms with Crippen LogP contribution in [-0.2, 0) is 0 Å². The molecule has 2 nitrogen and oxygen atoms in total. The summed E-state index contributed by atoms with van der Waals surface area (Å²) in [5, 5.41) is 8.93. The molecule has 0 radical (unpaired) electrons. The van der Waals surface area contributed by atoms with Crippen LogP contribution >= 0.6 is 0 Å². The second-order valence-electron chi connectivity index (χ2n) is 5.91. The Hall–Kier alpha value is -0.970. The Bertz CT molecular complexity index is 296. The minimum atomic E-state index is 0.700. The summed E-state index contributed by atoms with van der Waals surface area (Å²) >= 11 is 0. The standard InChI is InChI=1S/C16H26N2/c1-14(12-13-17)18(15-8-4-2-5-9-15)16-10-6-3-7-11-16/h12,15-16H,2-11H2,1H3. The maximum Gasteiger partial charge on any atom is 0.0930 e.